The van der Waals surface area contributed by atoms with Gasteiger partial charge >= 0.3 is 0 Å². The molecule has 33 heavy (non-hydrogen) atoms. The van der Waals surface area contributed by atoms with Crippen LogP contribution >= 0.6 is 11.8 Å². The molecule has 2 heterocycles. The molecule has 0 saturated carbocycles. The number of benzene rings is 3. The van der Waals surface area contributed by atoms with Crippen LogP contribution in [0.25, 0.3) is 0 Å². The van der Waals surface area contributed by atoms with Crippen molar-refractivity contribution in [1.29, 1.82) is 0 Å². The molecule has 0 radical (unpaired) electrons. The van der Waals surface area contributed by atoms with Gasteiger partial charge < -0.3 is 15.0 Å². The monoisotopic (exact) mass is 459 g/mol. The van der Waals surface area contributed by atoms with Gasteiger partial charge in [0.1, 0.15) is 17.0 Å². The molecule has 5 rings (SSSR count). The van der Waals surface area contributed by atoms with Gasteiger partial charge in [0.25, 0.3) is 0 Å². The van der Waals surface area contributed by atoms with Crippen LogP contribution in [0, 0.1) is 0 Å². The summed E-state index contributed by atoms with van der Waals surface area (Å²) in [6.45, 7) is 3.21. The zero-order valence-corrected chi connectivity index (χ0v) is 19.7. The molecule has 3 aromatic rings. The molecule has 0 unspecified atom stereocenters. The number of nitrogens with one attached hydrogen (secondary N) is 1. The summed E-state index contributed by atoms with van der Waals surface area (Å²) in [5.74, 6) is 1.90. The molecule has 0 atom stereocenters. The summed E-state index contributed by atoms with van der Waals surface area (Å²) in [6, 6.07) is 26.7. The normalized spacial score (nSPS) is 17.8. The molecule has 1 N–H and O–H groups in total. The molecule has 2 aliphatic heterocycles. The minimum absolute atomic E-state index is 0.161. The number of carbonyl (C=O) groups excluding carboxylic acids is 1. The van der Waals surface area contributed by atoms with Crippen molar-refractivity contribution >= 4 is 23.4 Å². The molecule has 0 aromatic heterocycles. The average Bonchev–Trinajstić information content (AvgIpc) is 3.17. The summed E-state index contributed by atoms with van der Waals surface area (Å²) in [5, 5.41) is 3.08. The Morgan fingerprint density at radius 1 is 0.970 bits per heavy atom. The molecule has 5 nitrogen and oxygen atoms in total. The highest BCUT2D eigenvalue weighted by Crippen LogP contribution is 2.37. The maximum atomic E-state index is 12.9. The maximum absolute atomic E-state index is 12.9. The first-order chi connectivity index (χ1) is 16.2. The Morgan fingerprint density at radius 3 is 2.52 bits per heavy atom. The third-order valence-corrected chi connectivity index (χ3v) is 7.47. The first kappa shape index (κ1) is 21.9. The first-order valence-corrected chi connectivity index (χ1v) is 12.6. The van der Waals surface area contributed by atoms with Gasteiger partial charge in [0.05, 0.1) is 6.67 Å². The number of piperidine rings is 1. The van der Waals surface area contributed by atoms with E-state index in [9.17, 15) is 4.79 Å². The Balaban J connectivity index is 1.25. The molecule has 6 heteroatoms. The summed E-state index contributed by atoms with van der Waals surface area (Å²) in [5.41, 5.74) is 1.89. The van der Waals surface area contributed by atoms with Gasteiger partial charge in [-0.05, 0) is 61.1 Å². The highest BCUT2D eigenvalue weighted by atomic mass is 32.2. The number of hydrogen-bond donors (Lipinski definition) is 1. The second-order valence-corrected chi connectivity index (χ2v) is 9.48. The number of carbonyl (C=O) groups is 1. The summed E-state index contributed by atoms with van der Waals surface area (Å²) in [6.07, 6.45) is 3.71. The Kier molecular flexibility index (Phi) is 6.29. The van der Waals surface area contributed by atoms with Gasteiger partial charge in [0, 0.05) is 30.2 Å². The van der Waals surface area contributed by atoms with Crippen LogP contribution in [0.5, 0.6) is 11.5 Å². The fourth-order valence-corrected chi connectivity index (χ4v) is 5.43. The van der Waals surface area contributed by atoms with E-state index in [0.717, 1.165) is 54.6 Å². The number of likely N-dealkylation sites (tertiary alicyclic amines) is 1. The number of hydrogen-bond acceptors (Lipinski definition) is 5. The van der Waals surface area contributed by atoms with Gasteiger partial charge in [-0.25, -0.2) is 0 Å². The van der Waals surface area contributed by atoms with Gasteiger partial charge in [-0.15, -0.1) is 11.8 Å². The first-order valence-electron chi connectivity index (χ1n) is 11.4. The summed E-state index contributed by atoms with van der Waals surface area (Å²) in [4.78, 5) is 18.7. The fraction of sp³-hybridized carbons (Fsp3) is 0.296. The van der Waals surface area contributed by atoms with Crippen LogP contribution in [0.4, 0.5) is 5.69 Å². The van der Waals surface area contributed by atoms with Crippen LogP contribution in [0.1, 0.15) is 18.4 Å². The molecule has 2 saturated heterocycles. The molecular formula is C27H29N3O2S. The van der Waals surface area contributed by atoms with Crippen molar-refractivity contribution in [1.82, 2.24) is 10.2 Å². The fourth-order valence-electron chi connectivity index (χ4n) is 4.91. The molecule has 1 spiro atoms. The minimum Gasteiger partial charge on any atom is -0.456 e. The van der Waals surface area contributed by atoms with Crippen molar-refractivity contribution in [2.24, 2.45) is 0 Å². The van der Waals surface area contributed by atoms with Crippen molar-refractivity contribution in [3.05, 3.63) is 84.4 Å². The van der Waals surface area contributed by atoms with Crippen molar-refractivity contribution < 1.29 is 9.53 Å². The lowest BCUT2D eigenvalue weighted by molar-refractivity contribution is -0.125. The van der Waals surface area contributed by atoms with Crippen LogP contribution in [-0.2, 0) is 11.3 Å². The Labute approximate surface area is 199 Å². The predicted octanol–water partition coefficient (Wildman–Crippen LogP) is 5.13. The van der Waals surface area contributed by atoms with E-state index in [4.69, 9.17) is 4.74 Å². The second-order valence-electron chi connectivity index (χ2n) is 8.64. The van der Waals surface area contributed by atoms with Crippen molar-refractivity contribution in [3.63, 3.8) is 0 Å². The third kappa shape index (κ3) is 4.45. The topological polar surface area (TPSA) is 44.8 Å². The van der Waals surface area contributed by atoms with E-state index in [2.05, 4.69) is 57.8 Å². The van der Waals surface area contributed by atoms with E-state index in [1.54, 1.807) is 11.8 Å². The quantitative estimate of drug-likeness (QED) is 0.518. The van der Waals surface area contributed by atoms with Gasteiger partial charge in [-0.1, -0.05) is 42.5 Å². The number of para-hydroxylation sites is 2. The van der Waals surface area contributed by atoms with Gasteiger partial charge in [0.15, 0.2) is 0 Å². The molecule has 2 aliphatic rings. The van der Waals surface area contributed by atoms with Gasteiger partial charge in [-0.2, -0.15) is 0 Å². The van der Waals surface area contributed by atoms with Gasteiger partial charge in [-0.3, -0.25) is 9.69 Å². The maximum Gasteiger partial charge on any atom is 0.247 e. The molecule has 170 valence electrons. The molecule has 0 bridgehead atoms. The van der Waals surface area contributed by atoms with Crippen molar-refractivity contribution in [3.8, 4) is 11.5 Å². The van der Waals surface area contributed by atoms with E-state index in [1.165, 1.54) is 5.56 Å². The Bertz CT molecular complexity index is 1110. The van der Waals surface area contributed by atoms with Crippen LogP contribution in [0.2, 0.25) is 0 Å². The lowest BCUT2D eigenvalue weighted by Crippen LogP contribution is -2.56. The van der Waals surface area contributed by atoms with Crippen molar-refractivity contribution in [2.75, 3.05) is 30.9 Å². The van der Waals surface area contributed by atoms with Gasteiger partial charge in [0.2, 0.25) is 5.91 Å². The van der Waals surface area contributed by atoms with E-state index >= 15 is 0 Å². The van der Waals surface area contributed by atoms with E-state index < -0.39 is 5.54 Å². The van der Waals surface area contributed by atoms with E-state index in [0.29, 0.717) is 6.67 Å². The largest absolute Gasteiger partial charge is 0.456 e. The molecule has 2 fully saturated rings. The number of amides is 1. The smallest absolute Gasteiger partial charge is 0.247 e. The minimum atomic E-state index is -0.440. The zero-order chi connectivity index (χ0) is 22.7. The third-order valence-electron chi connectivity index (χ3n) is 6.69. The zero-order valence-electron chi connectivity index (χ0n) is 18.9. The number of thioether (sulfide) groups is 1. The Morgan fingerprint density at radius 2 is 1.73 bits per heavy atom. The molecular weight excluding hydrogens is 430 g/mol. The van der Waals surface area contributed by atoms with Crippen LogP contribution < -0.4 is 15.0 Å². The summed E-state index contributed by atoms with van der Waals surface area (Å²) < 4.78 is 6.18. The van der Waals surface area contributed by atoms with Crippen molar-refractivity contribution in [2.45, 2.75) is 29.8 Å². The van der Waals surface area contributed by atoms with Crippen LogP contribution in [0.15, 0.2) is 83.8 Å². The van der Waals surface area contributed by atoms with Crippen LogP contribution in [-0.4, -0.2) is 42.4 Å². The number of ether oxygens (including phenoxy) is 1. The highest BCUT2D eigenvalue weighted by molar-refractivity contribution is 7.98. The van der Waals surface area contributed by atoms with Crippen LogP contribution in [0.3, 0.4) is 0 Å². The lowest BCUT2D eigenvalue weighted by atomic mass is 9.85. The average molecular weight is 460 g/mol. The SMILES string of the molecule is CSc1ccccc1Oc1cccc(CN2CCC3(CC2)C(=O)NCN3c2ccccc2)c1. The highest BCUT2D eigenvalue weighted by Gasteiger charge is 2.50. The summed E-state index contributed by atoms with van der Waals surface area (Å²) in [7, 11) is 0. The molecule has 1 amide bonds. The second kappa shape index (κ2) is 9.49. The van der Waals surface area contributed by atoms with E-state index in [-0.39, 0.29) is 5.91 Å². The summed E-state index contributed by atoms with van der Waals surface area (Å²) >= 11 is 1.69. The Hall–Kier alpha value is -2.96. The number of rotatable bonds is 6. The molecule has 0 aliphatic carbocycles. The number of nitrogens with zero attached hydrogens (tertiary/aromatic N) is 2. The lowest BCUT2D eigenvalue weighted by Gasteiger charge is -2.43. The molecule has 3 aromatic carbocycles. The predicted molar refractivity (Wildman–Crippen MR) is 134 cm³/mol. The standard InChI is InChI=1S/C27H29N3O2S/c1-33-25-13-6-5-12-24(25)32-23-11-7-8-21(18-23)19-29-16-14-27(15-17-29)26(31)28-20-30(27)22-9-3-2-4-10-22/h2-13,18H,14-17,19-20H2,1H3,(H,28,31). The number of anilines is 1. The van der Waals surface area contributed by atoms with E-state index in [1.807, 2.05) is 42.5 Å².